The normalized spacial score (nSPS) is 17.9. The molecule has 19 heavy (non-hydrogen) atoms. The van der Waals surface area contributed by atoms with Crippen molar-refractivity contribution in [2.75, 3.05) is 0 Å². The van der Waals surface area contributed by atoms with Gasteiger partial charge < -0.3 is 0 Å². The molecule has 1 aromatic rings. The number of thioether (sulfide) groups is 1. The molecule has 0 aromatic heterocycles. The van der Waals surface area contributed by atoms with E-state index in [2.05, 4.69) is 0 Å². The van der Waals surface area contributed by atoms with Gasteiger partial charge in [-0.1, -0.05) is 49.2 Å². The first-order valence-electron chi connectivity index (χ1n) is 6.99. The minimum absolute atomic E-state index is 0.0261. The molecule has 0 amide bonds. The molecule has 1 aliphatic carbocycles. The Morgan fingerprint density at radius 1 is 1.11 bits per heavy atom. The van der Waals surface area contributed by atoms with Crippen LogP contribution in [0.3, 0.4) is 0 Å². The van der Waals surface area contributed by atoms with Gasteiger partial charge in [-0.25, -0.2) is 0 Å². The summed E-state index contributed by atoms with van der Waals surface area (Å²) in [7, 11) is 0. The van der Waals surface area contributed by atoms with Crippen LogP contribution in [-0.2, 0) is 9.59 Å². The lowest BCUT2D eigenvalue weighted by Crippen LogP contribution is -2.27. The Kier molecular flexibility index (Phi) is 5.20. The highest BCUT2D eigenvalue weighted by atomic mass is 32.2. The number of hydrogen-bond donors (Lipinski definition) is 0. The van der Waals surface area contributed by atoms with Gasteiger partial charge in [0.05, 0.1) is 5.92 Å². The maximum Gasteiger partial charge on any atom is 0.203 e. The highest BCUT2D eigenvalue weighted by Crippen LogP contribution is 2.29. The fourth-order valence-electron chi connectivity index (χ4n) is 2.55. The second-order valence-corrected chi connectivity index (χ2v) is 6.27. The predicted molar refractivity (Wildman–Crippen MR) is 78.1 cm³/mol. The Morgan fingerprint density at radius 3 is 2.37 bits per heavy atom. The zero-order valence-electron chi connectivity index (χ0n) is 11.3. The van der Waals surface area contributed by atoms with Crippen LogP contribution >= 0.6 is 11.8 Å². The fourth-order valence-corrected chi connectivity index (χ4v) is 3.37. The number of Topliss-reactive ketones (excluding diaryl/α,β-unsaturated/α-hetero) is 1. The van der Waals surface area contributed by atoms with E-state index in [4.69, 9.17) is 0 Å². The van der Waals surface area contributed by atoms with Crippen molar-refractivity contribution >= 4 is 22.7 Å². The standard InChI is InChI=1S/C16H20O2S/c1-12(15(17)13-8-4-2-5-9-13)16(18)19-14-10-6-3-7-11-14/h3,6-7,10-13H,2,4-5,8-9H2,1H3. The third-order valence-corrected chi connectivity index (χ3v) is 4.81. The van der Waals surface area contributed by atoms with Crippen LogP contribution in [0.5, 0.6) is 0 Å². The van der Waals surface area contributed by atoms with E-state index >= 15 is 0 Å². The first-order chi connectivity index (χ1) is 9.18. The molecule has 0 radical (unpaired) electrons. The van der Waals surface area contributed by atoms with E-state index in [0.717, 1.165) is 30.6 Å². The number of carbonyl (C=O) groups excluding carboxylic acids is 2. The molecule has 0 saturated heterocycles. The summed E-state index contributed by atoms with van der Waals surface area (Å²) in [5.41, 5.74) is 0. The molecule has 0 bridgehead atoms. The van der Waals surface area contributed by atoms with Crippen LogP contribution in [0.15, 0.2) is 35.2 Å². The van der Waals surface area contributed by atoms with Gasteiger partial charge in [0, 0.05) is 10.8 Å². The van der Waals surface area contributed by atoms with Gasteiger partial charge in [-0.15, -0.1) is 0 Å². The molecule has 0 aliphatic heterocycles. The number of benzene rings is 1. The molecule has 0 N–H and O–H groups in total. The van der Waals surface area contributed by atoms with Gasteiger partial charge in [0.15, 0.2) is 0 Å². The maximum atomic E-state index is 12.3. The number of carbonyl (C=O) groups is 2. The molecule has 0 heterocycles. The lowest BCUT2D eigenvalue weighted by Gasteiger charge is -2.22. The highest BCUT2D eigenvalue weighted by Gasteiger charge is 2.29. The Hall–Kier alpha value is -1.09. The van der Waals surface area contributed by atoms with E-state index in [0.29, 0.717) is 0 Å². The quantitative estimate of drug-likeness (QED) is 0.613. The van der Waals surface area contributed by atoms with Crippen LogP contribution < -0.4 is 0 Å². The van der Waals surface area contributed by atoms with Gasteiger partial charge in [0.1, 0.15) is 5.78 Å². The average Bonchev–Trinajstić information content (AvgIpc) is 2.47. The summed E-state index contributed by atoms with van der Waals surface area (Å²) >= 11 is 1.18. The number of ketones is 1. The molecule has 1 atom stereocenters. The molecule has 1 unspecified atom stereocenters. The van der Waals surface area contributed by atoms with E-state index in [9.17, 15) is 9.59 Å². The van der Waals surface area contributed by atoms with Gasteiger partial charge >= 0.3 is 0 Å². The van der Waals surface area contributed by atoms with Crippen LogP contribution in [0.1, 0.15) is 39.0 Å². The second kappa shape index (κ2) is 6.90. The van der Waals surface area contributed by atoms with Gasteiger partial charge in [0.25, 0.3) is 0 Å². The first kappa shape index (κ1) is 14.3. The summed E-state index contributed by atoms with van der Waals surface area (Å²) in [6.07, 6.45) is 5.41. The summed E-state index contributed by atoms with van der Waals surface area (Å²) in [6, 6.07) is 9.54. The molecule has 1 saturated carbocycles. The van der Waals surface area contributed by atoms with Gasteiger partial charge in [0.2, 0.25) is 5.12 Å². The molecule has 102 valence electrons. The predicted octanol–water partition coefficient (Wildman–Crippen LogP) is 4.09. The van der Waals surface area contributed by atoms with Crippen LogP contribution in [0.25, 0.3) is 0 Å². The lowest BCUT2D eigenvalue weighted by molar-refractivity contribution is -0.131. The molecule has 2 nitrogen and oxygen atoms in total. The molecular weight excluding hydrogens is 256 g/mol. The fraction of sp³-hybridized carbons (Fsp3) is 0.500. The smallest absolute Gasteiger partial charge is 0.203 e. The summed E-state index contributed by atoms with van der Waals surface area (Å²) in [5.74, 6) is -0.217. The topological polar surface area (TPSA) is 34.1 Å². The van der Waals surface area contributed by atoms with Gasteiger partial charge in [-0.05, 0) is 31.9 Å². The molecule has 1 aromatic carbocycles. The monoisotopic (exact) mass is 276 g/mol. The Labute approximate surface area is 119 Å². The van der Waals surface area contributed by atoms with Crippen LogP contribution in [-0.4, -0.2) is 10.9 Å². The lowest BCUT2D eigenvalue weighted by atomic mass is 9.82. The Bertz CT molecular complexity index is 435. The average molecular weight is 276 g/mol. The van der Waals surface area contributed by atoms with Crippen molar-refractivity contribution in [1.29, 1.82) is 0 Å². The van der Waals surface area contributed by atoms with Crippen LogP contribution in [0, 0.1) is 11.8 Å². The van der Waals surface area contributed by atoms with Crippen molar-refractivity contribution in [2.24, 2.45) is 11.8 Å². The summed E-state index contributed by atoms with van der Waals surface area (Å²) < 4.78 is 0. The number of rotatable bonds is 4. The highest BCUT2D eigenvalue weighted by molar-refractivity contribution is 8.13. The van der Waals surface area contributed by atoms with E-state index in [1.807, 2.05) is 30.3 Å². The van der Waals surface area contributed by atoms with Gasteiger partial charge in [-0.2, -0.15) is 0 Å². The SMILES string of the molecule is CC(C(=O)Sc1ccccc1)C(=O)C1CCCCC1. The van der Waals surface area contributed by atoms with Crippen molar-refractivity contribution < 1.29 is 9.59 Å². The van der Waals surface area contributed by atoms with Crippen LogP contribution in [0.2, 0.25) is 0 Å². The second-order valence-electron chi connectivity index (χ2n) is 5.19. The van der Waals surface area contributed by atoms with Crippen LogP contribution in [0.4, 0.5) is 0 Å². The van der Waals surface area contributed by atoms with Crippen molar-refractivity contribution in [2.45, 2.75) is 43.9 Å². The molecule has 0 spiro atoms. The Morgan fingerprint density at radius 2 is 1.74 bits per heavy atom. The maximum absolute atomic E-state index is 12.3. The van der Waals surface area contributed by atoms with E-state index in [-0.39, 0.29) is 16.8 Å². The molecular formula is C16H20O2S. The number of hydrogen-bond acceptors (Lipinski definition) is 3. The van der Waals surface area contributed by atoms with Gasteiger partial charge in [-0.3, -0.25) is 9.59 Å². The molecule has 2 rings (SSSR count). The van der Waals surface area contributed by atoms with E-state index < -0.39 is 5.92 Å². The molecule has 1 aliphatic rings. The minimum atomic E-state index is -0.478. The van der Waals surface area contributed by atoms with Crippen molar-refractivity contribution in [1.82, 2.24) is 0 Å². The Balaban J connectivity index is 1.93. The van der Waals surface area contributed by atoms with E-state index in [1.54, 1.807) is 6.92 Å². The summed E-state index contributed by atoms with van der Waals surface area (Å²) in [4.78, 5) is 25.3. The zero-order chi connectivity index (χ0) is 13.7. The molecule has 1 fully saturated rings. The van der Waals surface area contributed by atoms with Crippen molar-refractivity contribution in [3.8, 4) is 0 Å². The van der Waals surface area contributed by atoms with Crippen molar-refractivity contribution in [3.63, 3.8) is 0 Å². The van der Waals surface area contributed by atoms with E-state index in [1.165, 1.54) is 18.2 Å². The zero-order valence-corrected chi connectivity index (χ0v) is 12.1. The minimum Gasteiger partial charge on any atom is -0.299 e. The molecule has 3 heteroatoms. The first-order valence-corrected chi connectivity index (χ1v) is 7.80. The van der Waals surface area contributed by atoms with Crippen molar-refractivity contribution in [3.05, 3.63) is 30.3 Å². The summed E-state index contributed by atoms with van der Waals surface area (Å²) in [6.45, 7) is 1.76. The third-order valence-electron chi connectivity index (χ3n) is 3.75. The largest absolute Gasteiger partial charge is 0.299 e. The third kappa shape index (κ3) is 3.93. The summed E-state index contributed by atoms with van der Waals surface area (Å²) in [5, 5.41) is -0.0261.